The fraction of sp³-hybridized carbons (Fsp3) is 0.375. The lowest BCUT2D eigenvalue weighted by Gasteiger charge is -2.27. The van der Waals surface area contributed by atoms with E-state index in [1.807, 2.05) is 18.2 Å². The van der Waals surface area contributed by atoms with Crippen molar-refractivity contribution in [2.24, 2.45) is 4.99 Å². The number of hydrogen-bond donors (Lipinski definition) is 2. The summed E-state index contributed by atoms with van der Waals surface area (Å²) in [5.74, 6) is -0.747. The maximum absolute atomic E-state index is 12.6. The van der Waals surface area contributed by atoms with E-state index >= 15 is 0 Å². The SMILES string of the molecule is O=C(C[C@H]1SC(N2CCCCC2)=NC1=O)Nc1cccc(C(=O)NCCc2ccccn2)c1. The predicted molar refractivity (Wildman–Crippen MR) is 129 cm³/mol. The number of benzene rings is 1. The van der Waals surface area contributed by atoms with Crippen molar-refractivity contribution in [3.63, 3.8) is 0 Å². The number of amidine groups is 1. The summed E-state index contributed by atoms with van der Waals surface area (Å²) in [6.07, 6.45) is 5.82. The van der Waals surface area contributed by atoms with Crippen molar-refractivity contribution in [3.05, 3.63) is 59.9 Å². The molecule has 2 aromatic rings. The molecule has 8 nitrogen and oxygen atoms in total. The summed E-state index contributed by atoms with van der Waals surface area (Å²) >= 11 is 1.38. The van der Waals surface area contributed by atoms with E-state index < -0.39 is 5.25 Å². The third kappa shape index (κ3) is 6.41. The number of anilines is 1. The van der Waals surface area contributed by atoms with Gasteiger partial charge in [0.2, 0.25) is 5.91 Å². The Morgan fingerprint density at radius 1 is 1.09 bits per heavy atom. The van der Waals surface area contributed by atoms with Crippen LogP contribution in [0, 0.1) is 0 Å². The Kier molecular flexibility index (Phi) is 7.72. The number of thioether (sulfide) groups is 1. The van der Waals surface area contributed by atoms with Gasteiger partial charge in [-0.25, -0.2) is 0 Å². The Labute approximate surface area is 197 Å². The van der Waals surface area contributed by atoms with Crippen LogP contribution in [-0.2, 0) is 16.0 Å². The Bertz CT molecular complexity index is 1040. The molecule has 172 valence electrons. The molecule has 1 fully saturated rings. The number of carbonyl (C=O) groups is 3. The van der Waals surface area contributed by atoms with E-state index in [-0.39, 0.29) is 24.1 Å². The number of carbonyl (C=O) groups excluding carboxylic acids is 3. The number of nitrogens with zero attached hydrogens (tertiary/aromatic N) is 3. The summed E-state index contributed by atoms with van der Waals surface area (Å²) < 4.78 is 0. The largest absolute Gasteiger partial charge is 0.352 e. The molecule has 4 rings (SSSR count). The first kappa shape index (κ1) is 23.0. The second kappa shape index (κ2) is 11.1. The van der Waals surface area contributed by atoms with Crippen molar-refractivity contribution in [1.82, 2.24) is 15.2 Å². The minimum Gasteiger partial charge on any atom is -0.352 e. The molecule has 3 heterocycles. The van der Waals surface area contributed by atoms with Gasteiger partial charge in [-0.3, -0.25) is 19.4 Å². The lowest BCUT2D eigenvalue weighted by atomic mass is 10.1. The van der Waals surface area contributed by atoms with Crippen LogP contribution in [0.1, 0.15) is 41.7 Å². The van der Waals surface area contributed by atoms with Crippen LogP contribution < -0.4 is 10.6 Å². The van der Waals surface area contributed by atoms with E-state index in [0.717, 1.165) is 36.8 Å². The molecule has 9 heteroatoms. The second-order valence-corrected chi connectivity index (χ2v) is 9.22. The summed E-state index contributed by atoms with van der Waals surface area (Å²) in [6, 6.07) is 12.4. The first-order valence-corrected chi connectivity index (χ1v) is 12.1. The van der Waals surface area contributed by atoms with Gasteiger partial charge in [0.15, 0.2) is 5.17 Å². The number of hydrogen-bond acceptors (Lipinski definition) is 6. The fourth-order valence-corrected chi connectivity index (χ4v) is 4.92. The van der Waals surface area contributed by atoms with E-state index in [4.69, 9.17) is 0 Å². The minimum atomic E-state index is -0.500. The van der Waals surface area contributed by atoms with Gasteiger partial charge in [0.25, 0.3) is 11.8 Å². The summed E-state index contributed by atoms with van der Waals surface area (Å²) in [5.41, 5.74) is 1.88. The number of piperidine rings is 1. The van der Waals surface area contributed by atoms with Gasteiger partial charge in [-0.1, -0.05) is 23.9 Å². The normalized spacial score (nSPS) is 18.1. The van der Waals surface area contributed by atoms with Gasteiger partial charge in [-0.05, 0) is 49.6 Å². The molecular formula is C24H27N5O3S. The maximum Gasteiger partial charge on any atom is 0.262 e. The van der Waals surface area contributed by atoms with Gasteiger partial charge in [-0.15, -0.1) is 0 Å². The van der Waals surface area contributed by atoms with Crippen LogP contribution in [-0.4, -0.2) is 57.7 Å². The van der Waals surface area contributed by atoms with Crippen LogP contribution in [0.25, 0.3) is 0 Å². The van der Waals surface area contributed by atoms with Gasteiger partial charge < -0.3 is 15.5 Å². The standard InChI is InChI=1S/C24H27N5O3S/c30-21(16-20-23(32)28-24(33-20)29-13-4-1-5-14-29)27-19-9-6-7-17(15-19)22(31)26-12-10-18-8-2-3-11-25-18/h2-3,6-9,11,15,20H,1,4-5,10,12-14,16H2,(H,26,31)(H,27,30)/t20-/m1/s1. The van der Waals surface area contributed by atoms with Gasteiger partial charge >= 0.3 is 0 Å². The molecule has 2 N–H and O–H groups in total. The molecule has 33 heavy (non-hydrogen) atoms. The number of pyridine rings is 1. The van der Waals surface area contributed by atoms with Crippen molar-refractivity contribution >= 4 is 40.3 Å². The number of amides is 3. The van der Waals surface area contributed by atoms with Crippen LogP contribution in [0.2, 0.25) is 0 Å². The van der Waals surface area contributed by atoms with Gasteiger partial charge in [0.1, 0.15) is 5.25 Å². The van der Waals surface area contributed by atoms with E-state index in [1.54, 1.807) is 30.5 Å². The molecule has 0 aliphatic carbocycles. The van der Waals surface area contributed by atoms with Crippen LogP contribution in [0.3, 0.4) is 0 Å². The lowest BCUT2D eigenvalue weighted by Crippen LogP contribution is -2.33. The minimum absolute atomic E-state index is 0.0465. The summed E-state index contributed by atoms with van der Waals surface area (Å²) in [7, 11) is 0. The molecule has 0 bridgehead atoms. The maximum atomic E-state index is 12.6. The summed E-state index contributed by atoms with van der Waals surface area (Å²) in [4.78, 5) is 47.9. The Morgan fingerprint density at radius 2 is 1.94 bits per heavy atom. The van der Waals surface area contributed by atoms with Crippen molar-refractivity contribution in [1.29, 1.82) is 0 Å². The molecule has 1 aromatic heterocycles. The van der Waals surface area contributed by atoms with Crippen molar-refractivity contribution in [2.75, 3.05) is 25.0 Å². The smallest absolute Gasteiger partial charge is 0.262 e. The number of aliphatic imine (C=N–C) groups is 1. The zero-order valence-electron chi connectivity index (χ0n) is 18.3. The molecule has 0 spiro atoms. The van der Waals surface area contributed by atoms with Crippen LogP contribution in [0.4, 0.5) is 5.69 Å². The van der Waals surface area contributed by atoms with Gasteiger partial charge in [0, 0.05) is 55.6 Å². The fourth-order valence-electron chi connectivity index (χ4n) is 3.80. The Hall–Kier alpha value is -3.20. The predicted octanol–water partition coefficient (Wildman–Crippen LogP) is 2.87. The zero-order chi connectivity index (χ0) is 23.0. The highest BCUT2D eigenvalue weighted by Crippen LogP contribution is 2.29. The first-order valence-electron chi connectivity index (χ1n) is 11.2. The van der Waals surface area contributed by atoms with Crippen LogP contribution in [0.5, 0.6) is 0 Å². The van der Waals surface area contributed by atoms with Crippen molar-refractivity contribution in [2.45, 2.75) is 37.4 Å². The average molecular weight is 466 g/mol. The number of likely N-dealkylation sites (tertiary alicyclic amines) is 1. The number of nitrogens with one attached hydrogen (secondary N) is 2. The van der Waals surface area contributed by atoms with E-state index in [9.17, 15) is 14.4 Å². The third-order valence-electron chi connectivity index (χ3n) is 5.53. The van der Waals surface area contributed by atoms with Gasteiger partial charge in [-0.2, -0.15) is 4.99 Å². The topological polar surface area (TPSA) is 104 Å². The molecule has 3 amide bonds. The van der Waals surface area contributed by atoms with E-state index in [1.165, 1.54) is 18.2 Å². The monoisotopic (exact) mass is 465 g/mol. The van der Waals surface area contributed by atoms with Gasteiger partial charge in [0.05, 0.1) is 0 Å². The summed E-state index contributed by atoms with van der Waals surface area (Å²) in [5, 5.41) is 5.91. The highest BCUT2D eigenvalue weighted by molar-refractivity contribution is 8.15. The molecule has 0 saturated carbocycles. The van der Waals surface area contributed by atoms with E-state index in [2.05, 4.69) is 25.5 Å². The quantitative estimate of drug-likeness (QED) is 0.652. The second-order valence-electron chi connectivity index (χ2n) is 8.05. The average Bonchev–Trinajstić information content (AvgIpc) is 3.20. The highest BCUT2D eigenvalue weighted by atomic mass is 32.2. The van der Waals surface area contributed by atoms with Crippen LogP contribution in [0.15, 0.2) is 53.7 Å². The number of rotatable bonds is 7. The molecule has 0 unspecified atom stereocenters. The molecule has 2 aliphatic heterocycles. The Morgan fingerprint density at radius 3 is 2.73 bits per heavy atom. The third-order valence-corrected chi connectivity index (χ3v) is 6.74. The summed E-state index contributed by atoms with van der Waals surface area (Å²) in [6.45, 7) is 2.29. The van der Waals surface area contributed by atoms with E-state index in [0.29, 0.717) is 24.2 Å². The molecule has 2 aliphatic rings. The highest BCUT2D eigenvalue weighted by Gasteiger charge is 2.33. The molecule has 0 radical (unpaired) electrons. The van der Waals surface area contributed by atoms with Crippen LogP contribution >= 0.6 is 11.8 Å². The van der Waals surface area contributed by atoms with Crippen molar-refractivity contribution < 1.29 is 14.4 Å². The molecule has 1 atom stereocenters. The first-order chi connectivity index (χ1) is 16.1. The van der Waals surface area contributed by atoms with Crippen molar-refractivity contribution in [3.8, 4) is 0 Å². The molecule has 1 aromatic carbocycles. The lowest BCUT2D eigenvalue weighted by molar-refractivity contribution is -0.121. The molecule has 1 saturated heterocycles. The molecular weight excluding hydrogens is 438 g/mol. The zero-order valence-corrected chi connectivity index (χ0v) is 19.1. The Balaban J connectivity index is 1.26. The number of aromatic nitrogens is 1.